The molecule has 0 fully saturated rings. The van der Waals surface area contributed by atoms with E-state index >= 15 is 0 Å². The molecule has 0 saturated heterocycles. The van der Waals surface area contributed by atoms with Gasteiger partial charge in [0.05, 0.1) is 6.61 Å². The van der Waals surface area contributed by atoms with E-state index in [1.807, 2.05) is 30.3 Å². The molecule has 0 radical (unpaired) electrons. The Kier molecular flexibility index (Phi) is 5.99. The van der Waals surface area contributed by atoms with Crippen molar-refractivity contribution in [1.82, 2.24) is 5.48 Å². The van der Waals surface area contributed by atoms with Crippen LogP contribution < -0.4 is 11.2 Å². The molecule has 1 aromatic rings. The van der Waals surface area contributed by atoms with Crippen LogP contribution in [0, 0.1) is 5.41 Å². The van der Waals surface area contributed by atoms with Gasteiger partial charge in [0.15, 0.2) is 0 Å². The smallest absolute Gasteiger partial charge is 0.245 e. The Labute approximate surface area is 115 Å². The monoisotopic (exact) mass is 264 g/mol. The zero-order valence-corrected chi connectivity index (χ0v) is 12.0. The van der Waals surface area contributed by atoms with Gasteiger partial charge in [-0.3, -0.25) is 9.63 Å². The number of carbonyl (C=O) groups excluding carboxylic acids is 1. The van der Waals surface area contributed by atoms with Crippen LogP contribution in [0.5, 0.6) is 0 Å². The first-order valence-corrected chi connectivity index (χ1v) is 6.57. The van der Waals surface area contributed by atoms with E-state index in [0.717, 1.165) is 12.0 Å². The lowest BCUT2D eigenvalue weighted by Gasteiger charge is -2.22. The fourth-order valence-electron chi connectivity index (χ4n) is 1.91. The van der Waals surface area contributed by atoms with E-state index < -0.39 is 0 Å². The molecular formula is C15H24N2O2. The van der Waals surface area contributed by atoms with E-state index in [-0.39, 0.29) is 23.8 Å². The second kappa shape index (κ2) is 7.26. The molecule has 0 aliphatic rings. The van der Waals surface area contributed by atoms with Crippen LogP contribution in [0.3, 0.4) is 0 Å². The van der Waals surface area contributed by atoms with Crippen molar-refractivity contribution in [2.75, 3.05) is 0 Å². The number of nitrogens with two attached hydrogens (primary N) is 1. The third-order valence-electron chi connectivity index (χ3n) is 2.59. The van der Waals surface area contributed by atoms with Crippen molar-refractivity contribution in [3.63, 3.8) is 0 Å². The average molecular weight is 264 g/mol. The molecular weight excluding hydrogens is 240 g/mol. The van der Waals surface area contributed by atoms with Gasteiger partial charge in [-0.15, -0.1) is 0 Å². The number of hydrogen-bond donors (Lipinski definition) is 2. The molecule has 1 amide bonds. The molecule has 0 aromatic heterocycles. The fraction of sp³-hybridized carbons (Fsp3) is 0.533. The molecule has 19 heavy (non-hydrogen) atoms. The number of hydrogen-bond acceptors (Lipinski definition) is 3. The van der Waals surface area contributed by atoms with Crippen LogP contribution in [-0.2, 0) is 16.2 Å². The minimum atomic E-state index is -0.173. The third-order valence-corrected chi connectivity index (χ3v) is 2.59. The van der Waals surface area contributed by atoms with E-state index in [1.165, 1.54) is 0 Å². The van der Waals surface area contributed by atoms with Gasteiger partial charge in [-0.1, -0.05) is 51.1 Å². The molecule has 3 N–H and O–H groups in total. The highest BCUT2D eigenvalue weighted by Gasteiger charge is 2.18. The molecule has 1 unspecified atom stereocenters. The van der Waals surface area contributed by atoms with Gasteiger partial charge in [-0.25, -0.2) is 5.48 Å². The molecule has 1 atom stereocenters. The molecule has 106 valence electrons. The van der Waals surface area contributed by atoms with Crippen molar-refractivity contribution in [3.05, 3.63) is 35.9 Å². The summed E-state index contributed by atoms with van der Waals surface area (Å²) in [4.78, 5) is 16.8. The number of amides is 1. The molecule has 0 saturated carbocycles. The van der Waals surface area contributed by atoms with Gasteiger partial charge >= 0.3 is 0 Å². The van der Waals surface area contributed by atoms with Crippen molar-refractivity contribution in [2.45, 2.75) is 46.3 Å². The predicted octanol–water partition coefficient (Wildman–Crippen LogP) is 2.39. The summed E-state index contributed by atoms with van der Waals surface area (Å²) < 4.78 is 0. The van der Waals surface area contributed by atoms with E-state index in [4.69, 9.17) is 10.6 Å². The number of rotatable bonds is 6. The predicted molar refractivity (Wildman–Crippen MR) is 76.0 cm³/mol. The molecule has 0 bridgehead atoms. The molecule has 0 spiro atoms. The first-order valence-electron chi connectivity index (χ1n) is 6.57. The summed E-state index contributed by atoms with van der Waals surface area (Å²) in [5, 5.41) is 0. The standard InChI is InChI=1S/C15H24N2O2/c1-15(2,3)10-13(16)9-14(18)17-19-11-12-7-5-4-6-8-12/h4-8,13H,9-11,16H2,1-3H3,(H,17,18). The lowest BCUT2D eigenvalue weighted by molar-refractivity contribution is -0.135. The van der Waals surface area contributed by atoms with Crippen molar-refractivity contribution < 1.29 is 9.63 Å². The zero-order valence-electron chi connectivity index (χ0n) is 12.0. The highest BCUT2D eigenvalue weighted by atomic mass is 16.6. The van der Waals surface area contributed by atoms with E-state index in [9.17, 15) is 4.79 Å². The average Bonchev–Trinajstić information content (AvgIpc) is 2.27. The largest absolute Gasteiger partial charge is 0.327 e. The highest BCUT2D eigenvalue weighted by Crippen LogP contribution is 2.20. The topological polar surface area (TPSA) is 64.4 Å². The van der Waals surface area contributed by atoms with Crippen LogP contribution in [0.2, 0.25) is 0 Å². The van der Waals surface area contributed by atoms with Crippen molar-refractivity contribution in [2.24, 2.45) is 11.1 Å². The Morgan fingerprint density at radius 1 is 1.32 bits per heavy atom. The second-order valence-corrected chi connectivity index (χ2v) is 6.03. The SMILES string of the molecule is CC(C)(C)CC(N)CC(=O)NOCc1ccccc1. The molecule has 4 heteroatoms. The van der Waals surface area contributed by atoms with Crippen LogP contribution >= 0.6 is 0 Å². The molecule has 1 aromatic carbocycles. The fourth-order valence-corrected chi connectivity index (χ4v) is 1.91. The van der Waals surface area contributed by atoms with Gasteiger partial charge in [-0.2, -0.15) is 0 Å². The summed E-state index contributed by atoms with van der Waals surface area (Å²) in [7, 11) is 0. The Morgan fingerprint density at radius 3 is 2.53 bits per heavy atom. The molecule has 0 heterocycles. The first-order chi connectivity index (χ1) is 8.87. The van der Waals surface area contributed by atoms with Crippen LogP contribution in [0.25, 0.3) is 0 Å². The highest BCUT2D eigenvalue weighted by molar-refractivity contribution is 5.75. The molecule has 0 aliphatic heterocycles. The number of hydroxylamine groups is 1. The third kappa shape index (κ3) is 7.59. The van der Waals surface area contributed by atoms with Gasteiger partial charge in [0.25, 0.3) is 0 Å². The summed E-state index contributed by atoms with van der Waals surface area (Å²) in [5.74, 6) is -0.173. The normalized spacial score (nSPS) is 13.1. The first kappa shape index (κ1) is 15.7. The summed E-state index contributed by atoms with van der Waals surface area (Å²) in [5.41, 5.74) is 9.50. The lowest BCUT2D eigenvalue weighted by atomic mass is 9.87. The van der Waals surface area contributed by atoms with Gasteiger partial charge in [0, 0.05) is 12.5 Å². The number of nitrogens with one attached hydrogen (secondary N) is 1. The van der Waals surface area contributed by atoms with Crippen molar-refractivity contribution in [1.29, 1.82) is 0 Å². The summed E-state index contributed by atoms with van der Waals surface area (Å²) in [6.07, 6.45) is 1.09. The van der Waals surface area contributed by atoms with Gasteiger partial charge < -0.3 is 5.73 Å². The quantitative estimate of drug-likeness (QED) is 0.775. The second-order valence-electron chi connectivity index (χ2n) is 6.03. The van der Waals surface area contributed by atoms with Crippen LogP contribution in [-0.4, -0.2) is 11.9 Å². The maximum atomic E-state index is 11.6. The maximum absolute atomic E-state index is 11.6. The van der Waals surface area contributed by atoms with E-state index in [0.29, 0.717) is 6.61 Å². The molecule has 1 rings (SSSR count). The van der Waals surface area contributed by atoms with Crippen LogP contribution in [0.1, 0.15) is 39.2 Å². The summed E-state index contributed by atoms with van der Waals surface area (Å²) in [6, 6.07) is 9.54. The van der Waals surface area contributed by atoms with Crippen molar-refractivity contribution in [3.8, 4) is 0 Å². The molecule has 0 aliphatic carbocycles. The minimum absolute atomic E-state index is 0.130. The summed E-state index contributed by atoms with van der Waals surface area (Å²) >= 11 is 0. The van der Waals surface area contributed by atoms with Gasteiger partial charge in [0.1, 0.15) is 0 Å². The summed E-state index contributed by atoms with van der Waals surface area (Å²) in [6.45, 7) is 6.69. The number of benzene rings is 1. The van der Waals surface area contributed by atoms with Gasteiger partial charge in [-0.05, 0) is 17.4 Å². The van der Waals surface area contributed by atoms with Crippen molar-refractivity contribution >= 4 is 5.91 Å². The number of carbonyl (C=O) groups is 1. The molecule has 4 nitrogen and oxygen atoms in total. The maximum Gasteiger partial charge on any atom is 0.245 e. The van der Waals surface area contributed by atoms with E-state index in [1.54, 1.807) is 0 Å². The van der Waals surface area contributed by atoms with Crippen LogP contribution in [0.4, 0.5) is 0 Å². The van der Waals surface area contributed by atoms with Gasteiger partial charge in [0.2, 0.25) is 5.91 Å². The Hall–Kier alpha value is -1.39. The Balaban J connectivity index is 2.21. The Morgan fingerprint density at radius 2 is 1.95 bits per heavy atom. The minimum Gasteiger partial charge on any atom is -0.327 e. The lowest BCUT2D eigenvalue weighted by Crippen LogP contribution is -2.34. The Bertz CT molecular complexity index is 385. The zero-order chi connectivity index (χ0) is 14.3. The van der Waals surface area contributed by atoms with E-state index in [2.05, 4.69) is 26.3 Å². The van der Waals surface area contributed by atoms with Crippen LogP contribution in [0.15, 0.2) is 30.3 Å².